The van der Waals surface area contributed by atoms with Crippen LogP contribution in [0.4, 0.5) is 14.5 Å². The maximum absolute atomic E-state index is 13.1. The van der Waals surface area contributed by atoms with Gasteiger partial charge in [0.2, 0.25) is 5.91 Å². The first kappa shape index (κ1) is 11.6. The van der Waals surface area contributed by atoms with Crippen molar-refractivity contribution in [2.24, 2.45) is 5.73 Å². The molecule has 1 aromatic carbocycles. The lowest BCUT2D eigenvalue weighted by atomic mass is 10.1. The Labute approximate surface area is 86.3 Å². The van der Waals surface area contributed by atoms with Crippen LogP contribution in [0.25, 0.3) is 0 Å². The minimum Gasteiger partial charge on any atom is -0.326 e. The fourth-order valence-corrected chi connectivity index (χ4v) is 1.12. The van der Waals surface area contributed by atoms with Gasteiger partial charge in [-0.25, -0.2) is 0 Å². The van der Waals surface area contributed by atoms with Crippen molar-refractivity contribution in [3.8, 4) is 0 Å². The second-order valence-corrected chi connectivity index (χ2v) is 3.17. The number of alkyl halides is 2. The van der Waals surface area contributed by atoms with Crippen LogP contribution in [0.15, 0.2) is 24.3 Å². The maximum Gasteiger partial charge on any atom is 0.285 e. The van der Waals surface area contributed by atoms with Gasteiger partial charge in [0.25, 0.3) is 5.92 Å². The van der Waals surface area contributed by atoms with Crippen LogP contribution >= 0.6 is 0 Å². The highest BCUT2D eigenvalue weighted by Gasteiger charge is 2.28. The largest absolute Gasteiger partial charge is 0.326 e. The van der Waals surface area contributed by atoms with Gasteiger partial charge in [-0.2, -0.15) is 8.78 Å². The first-order valence-electron chi connectivity index (χ1n) is 4.42. The molecule has 1 amide bonds. The number of nitrogens with one attached hydrogen (secondary N) is 1. The van der Waals surface area contributed by atoms with Crippen molar-refractivity contribution in [1.82, 2.24) is 0 Å². The Morgan fingerprint density at radius 3 is 2.33 bits per heavy atom. The second kappa shape index (κ2) is 4.35. The van der Waals surface area contributed by atoms with Crippen LogP contribution in [-0.4, -0.2) is 12.5 Å². The van der Waals surface area contributed by atoms with Crippen LogP contribution in [0, 0.1) is 0 Å². The van der Waals surface area contributed by atoms with E-state index >= 15 is 0 Å². The number of nitrogens with two attached hydrogens (primary N) is 1. The fraction of sp³-hybridized carbons (Fsp3) is 0.300. The van der Waals surface area contributed by atoms with Crippen LogP contribution in [0.2, 0.25) is 0 Å². The number of benzene rings is 1. The minimum atomic E-state index is -3.02. The van der Waals surface area contributed by atoms with Crippen molar-refractivity contribution in [3.63, 3.8) is 0 Å². The lowest BCUT2D eigenvalue weighted by Gasteiger charge is -2.14. The van der Waals surface area contributed by atoms with Crippen LogP contribution in [-0.2, 0) is 10.7 Å². The molecule has 3 N–H and O–H groups in total. The van der Waals surface area contributed by atoms with Crippen LogP contribution < -0.4 is 11.1 Å². The zero-order valence-corrected chi connectivity index (χ0v) is 8.26. The highest BCUT2D eigenvalue weighted by atomic mass is 19.3. The third kappa shape index (κ3) is 2.99. The van der Waals surface area contributed by atoms with E-state index in [4.69, 9.17) is 5.73 Å². The Morgan fingerprint density at radius 2 is 1.93 bits per heavy atom. The minimum absolute atomic E-state index is 0.154. The molecule has 3 nitrogen and oxygen atoms in total. The quantitative estimate of drug-likeness (QED) is 0.804. The summed E-state index contributed by atoms with van der Waals surface area (Å²) in [6.45, 7) is 0.620. The molecule has 15 heavy (non-hydrogen) atoms. The summed E-state index contributed by atoms with van der Waals surface area (Å²) < 4.78 is 26.1. The third-order valence-electron chi connectivity index (χ3n) is 1.88. The molecular formula is C10H12F2N2O. The molecule has 1 aromatic rings. The summed E-state index contributed by atoms with van der Waals surface area (Å²) in [6.07, 6.45) is 0. The number of hydrogen-bond acceptors (Lipinski definition) is 2. The molecule has 5 heteroatoms. The fourth-order valence-electron chi connectivity index (χ4n) is 1.12. The van der Waals surface area contributed by atoms with E-state index in [0.717, 1.165) is 0 Å². The molecule has 0 aliphatic rings. The average Bonchev–Trinajstić information content (AvgIpc) is 2.18. The van der Waals surface area contributed by atoms with E-state index in [9.17, 15) is 13.6 Å². The van der Waals surface area contributed by atoms with E-state index in [2.05, 4.69) is 5.32 Å². The van der Waals surface area contributed by atoms with Gasteiger partial charge in [0, 0.05) is 18.2 Å². The zero-order chi connectivity index (χ0) is 11.5. The molecule has 0 aliphatic carbocycles. The van der Waals surface area contributed by atoms with E-state index in [1.807, 2.05) is 0 Å². The number of amides is 1. The highest BCUT2D eigenvalue weighted by Crippen LogP contribution is 2.27. The first-order valence-corrected chi connectivity index (χ1v) is 4.42. The Bertz CT molecular complexity index is 349. The average molecular weight is 214 g/mol. The van der Waals surface area contributed by atoms with Crippen LogP contribution in [0.1, 0.15) is 12.5 Å². The topological polar surface area (TPSA) is 55.1 Å². The monoisotopic (exact) mass is 214 g/mol. The van der Waals surface area contributed by atoms with Gasteiger partial charge in [-0.15, -0.1) is 0 Å². The van der Waals surface area contributed by atoms with E-state index in [0.29, 0.717) is 5.69 Å². The maximum atomic E-state index is 13.1. The van der Waals surface area contributed by atoms with Crippen molar-refractivity contribution in [2.45, 2.75) is 12.8 Å². The molecule has 0 unspecified atom stereocenters. The molecule has 0 saturated heterocycles. The Balaban J connectivity index is 2.85. The molecule has 1 rings (SSSR count). The van der Waals surface area contributed by atoms with Crippen molar-refractivity contribution in [2.75, 3.05) is 11.9 Å². The Morgan fingerprint density at radius 1 is 1.40 bits per heavy atom. The van der Waals surface area contributed by atoms with Crippen LogP contribution in [0.5, 0.6) is 0 Å². The summed E-state index contributed by atoms with van der Waals surface area (Å²) >= 11 is 0. The molecule has 0 radical (unpaired) electrons. The number of hydrogen-bond donors (Lipinski definition) is 2. The summed E-state index contributed by atoms with van der Waals surface area (Å²) in [7, 11) is 0. The standard InChI is InChI=1S/C10H12F2N2O/c1-7(15)14-9-4-2-8(3-5-9)10(11,12)6-13/h2-5H,6,13H2,1H3,(H,14,15). The molecule has 0 spiro atoms. The first-order chi connectivity index (χ1) is 6.95. The predicted octanol–water partition coefficient (Wildman–Crippen LogP) is 1.70. The molecule has 82 valence electrons. The summed E-state index contributed by atoms with van der Waals surface area (Å²) in [6, 6.07) is 5.33. The van der Waals surface area contributed by atoms with Gasteiger partial charge in [0.05, 0.1) is 6.54 Å². The van der Waals surface area contributed by atoms with Crippen LogP contribution in [0.3, 0.4) is 0 Å². The third-order valence-corrected chi connectivity index (χ3v) is 1.88. The van der Waals surface area contributed by atoms with E-state index in [1.54, 1.807) is 0 Å². The summed E-state index contributed by atoms with van der Waals surface area (Å²) in [4.78, 5) is 10.7. The molecule has 0 bridgehead atoms. The Hall–Kier alpha value is -1.49. The lowest BCUT2D eigenvalue weighted by Crippen LogP contribution is -2.24. The van der Waals surface area contributed by atoms with Crippen molar-refractivity contribution >= 4 is 11.6 Å². The van der Waals surface area contributed by atoms with Gasteiger partial charge < -0.3 is 11.1 Å². The molecule has 0 saturated carbocycles. The summed E-state index contributed by atoms with van der Waals surface area (Å²) in [5.41, 5.74) is 5.27. The molecule has 0 atom stereocenters. The Kier molecular flexibility index (Phi) is 3.36. The lowest BCUT2D eigenvalue weighted by molar-refractivity contribution is -0.114. The van der Waals surface area contributed by atoms with Crippen molar-refractivity contribution in [3.05, 3.63) is 29.8 Å². The second-order valence-electron chi connectivity index (χ2n) is 3.17. The van der Waals surface area contributed by atoms with Gasteiger partial charge in [0.1, 0.15) is 0 Å². The number of rotatable bonds is 3. The number of carbonyl (C=O) groups excluding carboxylic acids is 1. The SMILES string of the molecule is CC(=O)Nc1ccc(C(F)(F)CN)cc1. The van der Waals surface area contributed by atoms with Gasteiger partial charge >= 0.3 is 0 Å². The zero-order valence-electron chi connectivity index (χ0n) is 8.26. The van der Waals surface area contributed by atoms with Gasteiger partial charge in [-0.1, -0.05) is 12.1 Å². The smallest absolute Gasteiger partial charge is 0.285 e. The summed E-state index contributed by atoms with van der Waals surface area (Å²) in [5.74, 6) is -3.26. The van der Waals surface area contributed by atoms with E-state index in [1.165, 1.54) is 31.2 Å². The van der Waals surface area contributed by atoms with Gasteiger partial charge in [-0.3, -0.25) is 4.79 Å². The molecule has 0 aliphatic heterocycles. The van der Waals surface area contributed by atoms with Crippen molar-refractivity contribution in [1.29, 1.82) is 0 Å². The number of anilines is 1. The predicted molar refractivity (Wildman–Crippen MR) is 53.7 cm³/mol. The summed E-state index contributed by atoms with van der Waals surface area (Å²) in [5, 5.41) is 2.49. The molecule has 0 fully saturated rings. The molecule has 0 aromatic heterocycles. The highest BCUT2D eigenvalue weighted by molar-refractivity contribution is 5.88. The molecular weight excluding hydrogens is 202 g/mol. The number of halogens is 2. The van der Waals surface area contributed by atoms with Gasteiger partial charge in [-0.05, 0) is 12.1 Å². The normalized spacial score (nSPS) is 11.2. The van der Waals surface area contributed by atoms with E-state index < -0.39 is 12.5 Å². The van der Waals surface area contributed by atoms with E-state index in [-0.39, 0.29) is 11.5 Å². The molecule has 0 heterocycles. The van der Waals surface area contributed by atoms with Gasteiger partial charge in [0.15, 0.2) is 0 Å². The number of carbonyl (C=O) groups is 1. The van der Waals surface area contributed by atoms with Crippen molar-refractivity contribution < 1.29 is 13.6 Å².